The van der Waals surface area contributed by atoms with E-state index in [1.54, 1.807) is 11.8 Å². The molecule has 0 fully saturated rings. The topological polar surface area (TPSA) is 49.0 Å². The van der Waals surface area contributed by atoms with Gasteiger partial charge in [0.15, 0.2) is 5.16 Å². The Bertz CT molecular complexity index is 951. The molecule has 0 bridgehead atoms. The number of rotatable bonds is 4. The zero-order valence-corrected chi connectivity index (χ0v) is 17.2. The maximum Gasteiger partial charge on any atom is 0.242 e. The van der Waals surface area contributed by atoms with Crippen LogP contribution in [0.5, 0.6) is 0 Å². The van der Waals surface area contributed by atoms with Crippen molar-refractivity contribution >= 4 is 40.8 Å². The number of anilines is 2. The van der Waals surface area contributed by atoms with Crippen LogP contribution in [0.25, 0.3) is 0 Å². The van der Waals surface area contributed by atoms with E-state index in [-0.39, 0.29) is 5.91 Å². The number of aromatic nitrogens is 2. The highest BCUT2D eigenvalue weighted by Crippen LogP contribution is 2.48. The first kappa shape index (κ1) is 18.2. The van der Waals surface area contributed by atoms with Crippen LogP contribution in [0.4, 0.5) is 11.4 Å². The summed E-state index contributed by atoms with van der Waals surface area (Å²) in [6.07, 6.45) is 0. The third-order valence-electron chi connectivity index (χ3n) is 4.46. The molecule has 4 rings (SSSR count). The van der Waals surface area contributed by atoms with Crippen molar-refractivity contribution in [3.8, 4) is 0 Å². The van der Waals surface area contributed by atoms with E-state index in [1.807, 2.05) is 48.2 Å². The molecule has 0 saturated carbocycles. The zero-order chi connectivity index (χ0) is 19.0. The SMILES string of the molecule is Cc1[nH]c(SCC(=O)N2c3ccccc3Sc3ccccc32)nc1C(C)C. The molecular weight excluding hydrogens is 374 g/mol. The molecule has 4 nitrogen and oxygen atoms in total. The second kappa shape index (κ2) is 7.44. The van der Waals surface area contributed by atoms with E-state index >= 15 is 0 Å². The number of hydrogen-bond acceptors (Lipinski definition) is 4. The number of aryl methyl sites for hydroxylation is 1. The van der Waals surface area contributed by atoms with E-state index in [4.69, 9.17) is 0 Å². The second-order valence-corrected chi connectivity index (χ2v) is 8.81. The lowest BCUT2D eigenvalue weighted by Gasteiger charge is -2.30. The van der Waals surface area contributed by atoms with Crippen molar-refractivity contribution in [2.75, 3.05) is 10.7 Å². The van der Waals surface area contributed by atoms with Crippen molar-refractivity contribution in [1.29, 1.82) is 0 Å². The number of carbonyl (C=O) groups is 1. The summed E-state index contributed by atoms with van der Waals surface area (Å²) in [5, 5.41) is 0.803. The van der Waals surface area contributed by atoms with Gasteiger partial charge in [0.05, 0.1) is 22.8 Å². The molecule has 2 heterocycles. The number of amides is 1. The summed E-state index contributed by atoms with van der Waals surface area (Å²) in [6.45, 7) is 6.28. The highest BCUT2D eigenvalue weighted by atomic mass is 32.2. The van der Waals surface area contributed by atoms with Gasteiger partial charge in [0.1, 0.15) is 0 Å². The minimum atomic E-state index is 0.0559. The maximum atomic E-state index is 13.2. The van der Waals surface area contributed by atoms with Gasteiger partial charge in [-0.3, -0.25) is 9.69 Å². The Kier molecular flexibility index (Phi) is 5.02. The predicted molar refractivity (Wildman–Crippen MR) is 112 cm³/mol. The lowest BCUT2D eigenvalue weighted by molar-refractivity contribution is -0.115. The molecule has 138 valence electrons. The number of H-pyrrole nitrogens is 1. The molecule has 0 aliphatic carbocycles. The molecule has 0 saturated heterocycles. The number of fused-ring (bicyclic) bond motifs is 2. The van der Waals surface area contributed by atoms with Crippen molar-refractivity contribution in [3.05, 3.63) is 59.9 Å². The number of carbonyl (C=O) groups excluding carboxylic acids is 1. The monoisotopic (exact) mass is 395 g/mol. The fraction of sp³-hybridized carbons (Fsp3) is 0.238. The molecule has 1 N–H and O–H groups in total. The minimum Gasteiger partial charge on any atom is -0.337 e. The van der Waals surface area contributed by atoms with Crippen LogP contribution in [0.1, 0.15) is 31.2 Å². The largest absolute Gasteiger partial charge is 0.337 e. The molecule has 0 unspecified atom stereocenters. The summed E-state index contributed by atoms with van der Waals surface area (Å²) in [5.41, 5.74) is 4.04. The molecule has 27 heavy (non-hydrogen) atoms. The fourth-order valence-electron chi connectivity index (χ4n) is 3.24. The van der Waals surface area contributed by atoms with Crippen LogP contribution in [0.2, 0.25) is 0 Å². The van der Waals surface area contributed by atoms with Gasteiger partial charge in [-0.25, -0.2) is 4.98 Å². The first-order valence-electron chi connectivity index (χ1n) is 8.92. The Morgan fingerprint density at radius 2 is 1.70 bits per heavy atom. The van der Waals surface area contributed by atoms with Crippen molar-refractivity contribution < 1.29 is 4.79 Å². The highest BCUT2D eigenvalue weighted by Gasteiger charge is 2.28. The van der Waals surface area contributed by atoms with Gasteiger partial charge >= 0.3 is 0 Å². The van der Waals surface area contributed by atoms with Gasteiger partial charge in [0.2, 0.25) is 5.91 Å². The van der Waals surface area contributed by atoms with E-state index in [9.17, 15) is 4.79 Å². The van der Waals surface area contributed by atoms with Gasteiger partial charge in [-0.1, -0.05) is 61.6 Å². The summed E-state index contributed by atoms with van der Waals surface area (Å²) >= 11 is 3.17. The Morgan fingerprint density at radius 1 is 1.11 bits per heavy atom. The third kappa shape index (κ3) is 3.51. The summed E-state index contributed by atoms with van der Waals surface area (Å²) in [5.74, 6) is 0.752. The van der Waals surface area contributed by atoms with E-state index in [0.717, 1.165) is 37.7 Å². The molecular formula is C21H21N3OS2. The lowest BCUT2D eigenvalue weighted by Crippen LogP contribution is -2.30. The first-order valence-corrected chi connectivity index (χ1v) is 10.7. The zero-order valence-electron chi connectivity index (χ0n) is 15.5. The quantitative estimate of drug-likeness (QED) is 0.570. The van der Waals surface area contributed by atoms with Crippen molar-refractivity contribution in [2.24, 2.45) is 0 Å². The van der Waals surface area contributed by atoms with Gasteiger partial charge in [-0.05, 0) is 37.1 Å². The maximum absolute atomic E-state index is 13.2. The van der Waals surface area contributed by atoms with Crippen molar-refractivity contribution in [2.45, 2.75) is 41.6 Å². The number of para-hydroxylation sites is 2. The van der Waals surface area contributed by atoms with Crippen molar-refractivity contribution in [3.63, 3.8) is 0 Å². The van der Waals surface area contributed by atoms with E-state index < -0.39 is 0 Å². The summed E-state index contributed by atoms with van der Waals surface area (Å²) in [4.78, 5) is 25.2. The van der Waals surface area contributed by atoms with Crippen LogP contribution in [-0.2, 0) is 4.79 Å². The number of nitrogens with zero attached hydrogens (tertiary/aromatic N) is 2. The normalized spacial score (nSPS) is 12.8. The average molecular weight is 396 g/mol. The third-order valence-corrected chi connectivity index (χ3v) is 6.45. The van der Waals surface area contributed by atoms with E-state index in [1.165, 1.54) is 11.8 Å². The number of benzene rings is 2. The van der Waals surface area contributed by atoms with Gasteiger partial charge in [0.25, 0.3) is 0 Å². The molecule has 0 radical (unpaired) electrons. The fourth-order valence-corrected chi connectivity index (χ4v) is 5.08. The van der Waals surface area contributed by atoms with Crippen molar-refractivity contribution in [1.82, 2.24) is 9.97 Å². The molecule has 0 atom stereocenters. The second-order valence-electron chi connectivity index (χ2n) is 6.76. The summed E-state index contributed by atoms with van der Waals surface area (Å²) < 4.78 is 0. The molecule has 1 aromatic heterocycles. The van der Waals surface area contributed by atoms with Crippen LogP contribution >= 0.6 is 23.5 Å². The first-order chi connectivity index (χ1) is 13.0. The molecule has 3 aromatic rings. The van der Waals surface area contributed by atoms with Gasteiger partial charge in [-0.15, -0.1) is 0 Å². The van der Waals surface area contributed by atoms with E-state index in [2.05, 4.69) is 35.9 Å². The van der Waals surface area contributed by atoms with Crippen LogP contribution < -0.4 is 4.90 Å². The highest BCUT2D eigenvalue weighted by molar-refractivity contribution is 8.00. The standard InChI is InChI=1S/C21H21N3OS2/c1-13(2)20-14(3)22-21(23-20)26-12-19(25)24-15-8-4-6-10-17(15)27-18-11-7-5-9-16(18)24/h4-11,13H,12H2,1-3H3,(H,22,23). The van der Waals surface area contributed by atoms with Crippen LogP contribution in [-0.4, -0.2) is 21.6 Å². The molecule has 1 aliphatic rings. The summed E-state index contributed by atoms with van der Waals surface area (Å²) in [7, 11) is 0. The smallest absolute Gasteiger partial charge is 0.242 e. The molecule has 2 aromatic carbocycles. The average Bonchev–Trinajstić information content (AvgIpc) is 3.05. The number of hydrogen-bond donors (Lipinski definition) is 1. The Hall–Kier alpha value is -2.18. The van der Waals surface area contributed by atoms with Crippen LogP contribution in [0.15, 0.2) is 63.5 Å². The molecule has 1 aliphatic heterocycles. The van der Waals surface area contributed by atoms with Gasteiger partial charge in [-0.2, -0.15) is 0 Å². The molecule has 6 heteroatoms. The number of thioether (sulfide) groups is 1. The Labute approximate surface area is 167 Å². The van der Waals surface area contributed by atoms with E-state index in [0.29, 0.717) is 11.7 Å². The van der Waals surface area contributed by atoms with Crippen LogP contribution in [0.3, 0.4) is 0 Å². The number of imidazole rings is 1. The van der Waals surface area contributed by atoms with Gasteiger partial charge in [0, 0.05) is 15.5 Å². The Balaban J connectivity index is 1.60. The molecule has 0 spiro atoms. The summed E-state index contributed by atoms with van der Waals surface area (Å²) in [6, 6.07) is 16.1. The number of nitrogens with one attached hydrogen (secondary N) is 1. The lowest BCUT2D eigenvalue weighted by atomic mass is 10.1. The minimum absolute atomic E-state index is 0.0559. The predicted octanol–water partition coefficient (Wildman–Crippen LogP) is 5.76. The molecule has 1 amide bonds. The van der Waals surface area contributed by atoms with Gasteiger partial charge < -0.3 is 4.98 Å². The Morgan fingerprint density at radius 3 is 2.26 bits per heavy atom. The number of aromatic amines is 1. The van der Waals surface area contributed by atoms with Crippen LogP contribution in [0, 0.1) is 6.92 Å².